The van der Waals surface area contributed by atoms with Crippen LogP contribution in [-0.2, 0) is 14.3 Å². The number of hydrogen-bond acceptors (Lipinski definition) is 4. The third-order valence-corrected chi connectivity index (χ3v) is 7.47. The van der Waals surface area contributed by atoms with Crippen molar-refractivity contribution >= 4 is 18.0 Å². The van der Waals surface area contributed by atoms with Crippen molar-refractivity contribution in [2.75, 3.05) is 6.61 Å². The van der Waals surface area contributed by atoms with E-state index in [1.54, 1.807) is 0 Å². The maximum atomic E-state index is 12.8. The number of carboxylic acid groups (broad SMARTS) is 1. The molecule has 182 valence electrons. The highest BCUT2D eigenvalue weighted by molar-refractivity contribution is 5.80. The van der Waals surface area contributed by atoms with Gasteiger partial charge in [0.2, 0.25) is 5.91 Å². The van der Waals surface area contributed by atoms with Crippen LogP contribution in [0.1, 0.15) is 49.1 Å². The first-order valence-corrected chi connectivity index (χ1v) is 12.3. The summed E-state index contributed by atoms with van der Waals surface area (Å²) in [5.41, 5.74) is 4.68. The fourth-order valence-electron chi connectivity index (χ4n) is 5.66. The van der Waals surface area contributed by atoms with Crippen LogP contribution in [0.15, 0.2) is 60.7 Å². The summed E-state index contributed by atoms with van der Waals surface area (Å²) in [5, 5.41) is 15.1. The zero-order valence-electron chi connectivity index (χ0n) is 19.5. The van der Waals surface area contributed by atoms with Crippen molar-refractivity contribution in [3.05, 3.63) is 71.8 Å². The van der Waals surface area contributed by atoms with Gasteiger partial charge in [0, 0.05) is 17.9 Å². The van der Waals surface area contributed by atoms with Gasteiger partial charge in [-0.1, -0.05) is 60.7 Å². The Balaban J connectivity index is 1.13. The second-order valence-corrected chi connectivity index (χ2v) is 9.73. The van der Waals surface area contributed by atoms with Gasteiger partial charge in [0.25, 0.3) is 0 Å². The Labute approximate surface area is 204 Å². The van der Waals surface area contributed by atoms with E-state index in [4.69, 9.17) is 9.84 Å². The van der Waals surface area contributed by atoms with Gasteiger partial charge in [0.1, 0.15) is 6.61 Å². The molecule has 3 N–H and O–H groups in total. The van der Waals surface area contributed by atoms with E-state index in [2.05, 4.69) is 34.9 Å². The van der Waals surface area contributed by atoms with Gasteiger partial charge in [-0.05, 0) is 54.4 Å². The largest absolute Gasteiger partial charge is 0.481 e. The average molecular weight is 475 g/mol. The van der Waals surface area contributed by atoms with E-state index in [0.717, 1.165) is 11.1 Å². The first kappa shape index (κ1) is 23.1. The number of carbonyl (C=O) groups excluding carboxylic acids is 2. The first-order chi connectivity index (χ1) is 17.0. The zero-order chi connectivity index (χ0) is 24.4. The Morgan fingerprint density at radius 2 is 1.57 bits per heavy atom. The van der Waals surface area contributed by atoms with Crippen molar-refractivity contribution in [3.8, 4) is 11.1 Å². The van der Waals surface area contributed by atoms with Crippen molar-refractivity contribution in [2.45, 2.75) is 50.1 Å². The Hall–Kier alpha value is -3.61. The van der Waals surface area contributed by atoms with Gasteiger partial charge in [-0.2, -0.15) is 0 Å². The van der Waals surface area contributed by atoms with Crippen molar-refractivity contribution < 1.29 is 24.2 Å². The molecule has 3 aliphatic carbocycles. The third-order valence-electron chi connectivity index (χ3n) is 7.47. The van der Waals surface area contributed by atoms with Crippen molar-refractivity contribution in [1.82, 2.24) is 10.6 Å². The molecular weight excluding hydrogens is 444 g/mol. The van der Waals surface area contributed by atoms with E-state index in [0.29, 0.717) is 32.1 Å². The standard InChI is InChI=1S/C28H30N2O5/c31-26(29-20-13-12-18(15-20)27(32)33)17-6-5-7-19(14-17)30-28(34)35-16-25-23-10-3-1-8-21(23)22-9-2-4-11-24(22)25/h1-5,7-11,17-20,25H,6,12-16H2,(H,29,31)(H,30,34)(H,32,33)/t17-,18+,19-,20-/m1/s1. The molecule has 35 heavy (non-hydrogen) atoms. The molecule has 2 amide bonds. The molecule has 7 nitrogen and oxygen atoms in total. The number of nitrogens with one attached hydrogen (secondary N) is 2. The molecule has 0 aliphatic heterocycles. The Kier molecular flexibility index (Phi) is 6.57. The number of carboxylic acids is 1. The number of benzene rings is 2. The molecule has 2 aromatic rings. The number of ether oxygens (including phenoxy) is 1. The van der Waals surface area contributed by atoms with Gasteiger partial charge < -0.3 is 20.5 Å². The average Bonchev–Trinajstić information content (AvgIpc) is 3.46. The first-order valence-electron chi connectivity index (χ1n) is 12.3. The second kappa shape index (κ2) is 9.94. The lowest BCUT2D eigenvalue weighted by atomic mass is 9.90. The van der Waals surface area contributed by atoms with E-state index >= 15 is 0 Å². The number of amides is 2. The molecule has 0 radical (unpaired) electrons. The molecule has 0 heterocycles. The molecule has 1 saturated carbocycles. The minimum Gasteiger partial charge on any atom is -0.481 e. The number of allylic oxidation sites excluding steroid dienone is 1. The molecule has 1 fully saturated rings. The van der Waals surface area contributed by atoms with Crippen molar-refractivity contribution in [1.29, 1.82) is 0 Å². The highest BCUT2D eigenvalue weighted by Gasteiger charge is 2.33. The van der Waals surface area contributed by atoms with Crippen LogP contribution in [0.25, 0.3) is 11.1 Å². The summed E-state index contributed by atoms with van der Waals surface area (Å²) >= 11 is 0. The third kappa shape index (κ3) is 4.94. The fourth-order valence-corrected chi connectivity index (χ4v) is 5.66. The number of fused-ring (bicyclic) bond motifs is 3. The second-order valence-electron chi connectivity index (χ2n) is 9.73. The lowest BCUT2D eigenvalue weighted by Gasteiger charge is -2.26. The number of aliphatic carboxylic acids is 1. The minimum atomic E-state index is -0.797. The number of carbonyl (C=O) groups is 3. The Morgan fingerprint density at radius 3 is 2.23 bits per heavy atom. The molecule has 7 heteroatoms. The molecule has 0 unspecified atom stereocenters. The highest BCUT2D eigenvalue weighted by Crippen LogP contribution is 2.44. The Bertz CT molecular complexity index is 1110. The smallest absolute Gasteiger partial charge is 0.407 e. The molecule has 0 saturated heterocycles. The van der Waals surface area contributed by atoms with Crippen LogP contribution in [-0.4, -0.2) is 41.8 Å². The lowest BCUT2D eigenvalue weighted by molar-refractivity contribution is -0.141. The summed E-state index contributed by atoms with van der Waals surface area (Å²) in [4.78, 5) is 36.5. The maximum absolute atomic E-state index is 12.8. The topological polar surface area (TPSA) is 105 Å². The normalized spacial score (nSPS) is 24.9. The van der Waals surface area contributed by atoms with Gasteiger partial charge in [-0.3, -0.25) is 9.59 Å². The van der Waals surface area contributed by atoms with Gasteiger partial charge >= 0.3 is 12.1 Å². The number of hydrogen-bond donors (Lipinski definition) is 3. The van der Waals surface area contributed by atoms with Crippen LogP contribution < -0.4 is 10.6 Å². The molecule has 3 aliphatic rings. The molecule has 0 aromatic heterocycles. The molecular formula is C28H30N2O5. The predicted molar refractivity (Wildman–Crippen MR) is 131 cm³/mol. The molecule has 0 spiro atoms. The van der Waals surface area contributed by atoms with Crippen LogP contribution in [0.4, 0.5) is 4.79 Å². The van der Waals surface area contributed by atoms with E-state index < -0.39 is 12.1 Å². The fraction of sp³-hybridized carbons (Fsp3) is 0.393. The van der Waals surface area contributed by atoms with Gasteiger partial charge in [-0.15, -0.1) is 0 Å². The summed E-state index contributed by atoms with van der Waals surface area (Å²) in [6, 6.07) is 16.0. The van der Waals surface area contributed by atoms with Gasteiger partial charge in [-0.25, -0.2) is 4.79 Å². The monoisotopic (exact) mass is 474 g/mol. The van der Waals surface area contributed by atoms with Crippen LogP contribution in [0, 0.1) is 11.8 Å². The SMILES string of the molecule is O=C(N[C@@H]1C=CC[C@@H](C(=O)N[C@@H]2CC[C@H](C(=O)O)C2)C1)OCC1c2ccccc2-c2ccccc21. The highest BCUT2D eigenvalue weighted by atomic mass is 16.5. The molecule has 5 rings (SSSR count). The van der Waals surface area contributed by atoms with Gasteiger partial charge in [0.05, 0.1) is 12.0 Å². The summed E-state index contributed by atoms with van der Waals surface area (Å²) in [7, 11) is 0. The van der Waals surface area contributed by atoms with E-state index in [-0.39, 0.29) is 42.4 Å². The summed E-state index contributed by atoms with van der Waals surface area (Å²) < 4.78 is 5.64. The Morgan fingerprint density at radius 1 is 0.886 bits per heavy atom. The zero-order valence-corrected chi connectivity index (χ0v) is 19.5. The summed E-state index contributed by atoms with van der Waals surface area (Å²) in [5.74, 6) is -1.52. The molecule has 2 aromatic carbocycles. The van der Waals surface area contributed by atoms with Crippen LogP contribution in [0.2, 0.25) is 0 Å². The number of alkyl carbamates (subject to hydrolysis) is 1. The quantitative estimate of drug-likeness (QED) is 0.544. The van der Waals surface area contributed by atoms with Crippen molar-refractivity contribution in [2.24, 2.45) is 11.8 Å². The molecule has 0 bridgehead atoms. The van der Waals surface area contributed by atoms with E-state index in [1.807, 2.05) is 36.4 Å². The lowest BCUT2D eigenvalue weighted by Crippen LogP contribution is -2.43. The van der Waals surface area contributed by atoms with Crippen LogP contribution >= 0.6 is 0 Å². The van der Waals surface area contributed by atoms with Crippen molar-refractivity contribution in [3.63, 3.8) is 0 Å². The summed E-state index contributed by atoms with van der Waals surface area (Å²) in [6.07, 6.45) is 6.17. The van der Waals surface area contributed by atoms with E-state index in [1.165, 1.54) is 11.1 Å². The minimum absolute atomic E-state index is 0.00499. The summed E-state index contributed by atoms with van der Waals surface area (Å²) in [6.45, 7) is 0.243. The van der Waals surface area contributed by atoms with E-state index in [9.17, 15) is 14.4 Å². The predicted octanol–water partition coefficient (Wildman–Crippen LogP) is 4.23. The van der Waals surface area contributed by atoms with Crippen LogP contribution in [0.5, 0.6) is 0 Å². The molecule has 4 atom stereocenters. The van der Waals surface area contributed by atoms with Crippen LogP contribution in [0.3, 0.4) is 0 Å². The number of rotatable bonds is 6. The van der Waals surface area contributed by atoms with Gasteiger partial charge in [0.15, 0.2) is 0 Å². The maximum Gasteiger partial charge on any atom is 0.407 e.